The van der Waals surface area contributed by atoms with Gasteiger partial charge in [0.15, 0.2) is 0 Å². The lowest BCUT2D eigenvalue weighted by atomic mass is 10.2. The lowest BCUT2D eigenvalue weighted by molar-refractivity contribution is -0.128. The average Bonchev–Trinajstić information content (AvgIpc) is 2.37. The van der Waals surface area contributed by atoms with Crippen LogP contribution < -0.4 is 0 Å². The molecule has 0 aliphatic carbocycles. The third-order valence-electron chi connectivity index (χ3n) is 2.44. The molecule has 0 aromatic carbocycles. The van der Waals surface area contributed by atoms with Gasteiger partial charge in [0.05, 0.1) is 18.8 Å². The highest BCUT2D eigenvalue weighted by atomic mass is 16.3. The molecular formula is C7H12N2O2. The first kappa shape index (κ1) is 7.06. The van der Waals surface area contributed by atoms with E-state index in [-0.39, 0.29) is 18.1 Å². The average molecular weight is 156 g/mol. The smallest absolute Gasteiger partial charge is 0.240 e. The minimum atomic E-state index is -0.294. The number of carbonyl (C=O) groups excluding carboxylic acids is 1. The highest BCUT2D eigenvalue weighted by Crippen LogP contribution is 2.24. The Balaban J connectivity index is 2.13. The van der Waals surface area contributed by atoms with Crippen molar-refractivity contribution in [3.8, 4) is 0 Å². The Kier molecular flexibility index (Phi) is 1.40. The fourth-order valence-electron chi connectivity index (χ4n) is 1.89. The van der Waals surface area contributed by atoms with Gasteiger partial charge in [-0.05, 0) is 6.42 Å². The third kappa shape index (κ3) is 0.937. The second-order valence-corrected chi connectivity index (χ2v) is 3.35. The van der Waals surface area contributed by atoms with Gasteiger partial charge in [-0.25, -0.2) is 0 Å². The molecule has 11 heavy (non-hydrogen) atoms. The molecule has 2 aliphatic heterocycles. The van der Waals surface area contributed by atoms with E-state index in [1.807, 2.05) is 4.90 Å². The molecule has 2 fully saturated rings. The molecule has 1 amide bonds. The van der Waals surface area contributed by atoms with Gasteiger partial charge in [0.2, 0.25) is 5.91 Å². The van der Waals surface area contributed by atoms with Crippen LogP contribution in [0, 0.1) is 0 Å². The molecule has 0 aromatic heterocycles. The Morgan fingerprint density at radius 3 is 3.00 bits per heavy atom. The first-order valence-electron chi connectivity index (χ1n) is 3.85. The molecule has 2 heterocycles. The van der Waals surface area contributed by atoms with E-state index in [1.54, 1.807) is 11.9 Å². The zero-order chi connectivity index (χ0) is 8.01. The van der Waals surface area contributed by atoms with Crippen molar-refractivity contribution in [1.82, 2.24) is 9.80 Å². The predicted octanol–water partition coefficient (Wildman–Crippen LogP) is -1.15. The van der Waals surface area contributed by atoms with Crippen LogP contribution in [-0.2, 0) is 4.79 Å². The van der Waals surface area contributed by atoms with Gasteiger partial charge in [-0.3, -0.25) is 9.69 Å². The van der Waals surface area contributed by atoms with Gasteiger partial charge < -0.3 is 10.0 Å². The van der Waals surface area contributed by atoms with E-state index in [2.05, 4.69) is 0 Å². The molecule has 0 unspecified atom stereocenters. The summed E-state index contributed by atoms with van der Waals surface area (Å²) in [6.07, 6.45) is 0.320. The van der Waals surface area contributed by atoms with Gasteiger partial charge in [-0.15, -0.1) is 0 Å². The maximum Gasteiger partial charge on any atom is 0.240 e. The monoisotopic (exact) mass is 156 g/mol. The van der Waals surface area contributed by atoms with Crippen LogP contribution in [0.4, 0.5) is 0 Å². The Hall–Kier alpha value is -0.610. The van der Waals surface area contributed by atoms with Crippen LogP contribution in [0.3, 0.4) is 0 Å². The highest BCUT2D eigenvalue weighted by Gasteiger charge is 2.42. The molecule has 0 saturated carbocycles. The van der Waals surface area contributed by atoms with Crippen LogP contribution in [0.2, 0.25) is 0 Å². The van der Waals surface area contributed by atoms with Gasteiger partial charge in [-0.2, -0.15) is 0 Å². The lowest BCUT2D eigenvalue weighted by Crippen LogP contribution is -2.26. The SMILES string of the molecule is CN1CN2C[C@H](O)C[C@@H]2C1=O. The van der Waals surface area contributed by atoms with Gasteiger partial charge >= 0.3 is 0 Å². The normalized spacial score (nSPS) is 38.4. The van der Waals surface area contributed by atoms with Crippen LogP contribution in [0.1, 0.15) is 6.42 Å². The molecule has 2 aliphatic rings. The molecule has 4 heteroatoms. The van der Waals surface area contributed by atoms with Crippen LogP contribution in [0.25, 0.3) is 0 Å². The number of amides is 1. The highest BCUT2D eigenvalue weighted by molar-refractivity contribution is 5.83. The van der Waals surface area contributed by atoms with E-state index in [1.165, 1.54) is 0 Å². The molecular weight excluding hydrogens is 144 g/mol. The number of rotatable bonds is 0. The summed E-state index contributed by atoms with van der Waals surface area (Å²) in [5, 5.41) is 9.23. The number of nitrogens with zero attached hydrogens (tertiary/aromatic N) is 2. The van der Waals surface area contributed by atoms with Crippen molar-refractivity contribution in [1.29, 1.82) is 0 Å². The molecule has 1 N–H and O–H groups in total. The molecule has 2 saturated heterocycles. The summed E-state index contributed by atoms with van der Waals surface area (Å²) in [6, 6.07) is -0.0324. The zero-order valence-corrected chi connectivity index (χ0v) is 6.53. The van der Waals surface area contributed by atoms with Gasteiger partial charge in [0.25, 0.3) is 0 Å². The van der Waals surface area contributed by atoms with Crippen molar-refractivity contribution in [3.05, 3.63) is 0 Å². The van der Waals surface area contributed by atoms with Crippen molar-refractivity contribution < 1.29 is 9.90 Å². The summed E-state index contributed by atoms with van der Waals surface area (Å²) < 4.78 is 0. The third-order valence-corrected chi connectivity index (χ3v) is 2.44. The molecule has 0 bridgehead atoms. The molecule has 2 atom stereocenters. The lowest BCUT2D eigenvalue weighted by Gasteiger charge is -2.11. The van der Waals surface area contributed by atoms with Crippen LogP contribution >= 0.6 is 0 Å². The van der Waals surface area contributed by atoms with E-state index in [9.17, 15) is 9.90 Å². The molecule has 4 nitrogen and oxygen atoms in total. The van der Waals surface area contributed by atoms with Crippen LogP contribution in [0.5, 0.6) is 0 Å². The number of carbonyl (C=O) groups is 1. The number of aliphatic hydroxyl groups excluding tert-OH is 1. The summed E-state index contributed by atoms with van der Waals surface area (Å²) in [5.41, 5.74) is 0. The van der Waals surface area contributed by atoms with Gasteiger partial charge in [-0.1, -0.05) is 0 Å². The minimum Gasteiger partial charge on any atom is -0.392 e. The summed E-state index contributed by atoms with van der Waals surface area (Å²) >= 11 is 0. The summed E-state index contributed by atoms with van der Waals surface area (Å²) in [4.78, 5) is 15.0. The standard InChI is InChI=1S/C7H12N2O2/c1-8-4-9-3-5(10)2-6(9)7(8)11/h5-6,10H,2-4H2,1H3/t5-,6-/m1/s1. The minimum absolute atomic E-state index is 0.0324. The van der Waals surface area contributed by atoms with Crippen molar-refractivity contribution in [2.45, 2.75) is 18.6 Å². The number of aliphatic hydroxyl groups is 1. The summed E-state index contributed by atoms with van der Waals surface area (Å²) in [5.74, 6) is 0.154. The molecule has 62 valence electrons. The topological polar surface area (TPSA) is 43.8 Å². The number of likely N-dealkylation sites (N-methyl/N-ethyl adjacent to an activating group) is 1. The van der Waals surface area contributed by atoms with E-state index >= 15 is 0 Å². The van der Waals surface area contributed by atoms with Crippen molar-refractivity contribution in [3.63, 3.8) is 0 Å². The quantitative estimate of drug-likeness (QED) is 0.481. The Bertz CT molecular complexity index is 195. The zero-order valence-electron chi connectivity index (χ0n) is 6.53. The Morgan fingerprint density at radius 1 is 1.64 bits per heavy atom. The molecule has 0 spiro atoms. The molecule has 0 radical (unpaired) electrons. The van der Waals surface area contributed by atoms with Crippen molar-refractivity contribution in [2.24, 2.45) is 0 Å². The second kappa shape index (κ2) is 2.19. The molecule has 0 aromatic rings. The number of hydrogen-bond acceptors (Lipinski definition) is 3. The maximum absolute atomic E-state index is 11.3. The van der Waals surface area contributed by atoms with Gasteiger partial charge in [0.1, 0.15) is 0 Å². The number of fused-ring (bicyclic) bond motifs is 1. The Morgan fingerprint density at radius 2 is 2.36 bits per heavy atom. The molecule has 2 rings (SSSR count). The second-order valence-electron chi connectivity index (χ2n) is 3.35. The number of hydrogen-bond donors (Lipinski definition) is 1. The first-order valence-corrected chi connectivity index (χ1v) is 3.85. The van der Waals surface area contributed by atoms with E-state index < -0.39 is 0 Å². The largest absolute Gasteiger partial charge is 0.392 e. The van der Waals surface area contributed by atoms with Crippen molar-refractivity contribution >= 4 is 5.91 Å². The fourth-order valence-corrected chi connectivity index (χ4v) is 1.89. The van der Waals surface area contributed by atoms with E-state index in [4.69, 9.17) is 0 Å². The van der Waals surface area contributed by atoms with Crippen LogP contribution in [0.15, 0.2) is 0 Å². The van der Waals surface area contributed by atoms with Crippen molar-refractivity contribution in [2.75, 3.05) is 20.3 Å². The maximum atomic E-state index is 11.3. The van der Waals surface area contributed by atoms with Gasteiger partial charge in [0, 0.05) is 13.6 Å². The fraction of sp³-hybridized carbons (Fsp3) is 0.857. The summed E-state index contributed by atoms with van der Waals surface area (Å²) in [7, 11) is 1.80. The summed E-state index contributed by atoms with van der Waals surface area (Å²) in [6.45, 7) is 1.33. The predicted molar refractivity (Wildman–Crippen MR) is 38.8 cm³/mol. The van der Waals surface area contributed by atoms with E-state index in [0.29, 0.717) is 19.6 Å². The first-order chi connectivity index (χ1) is 5.18. The van der Waals surface area contributed by atoms with E-state index in [0.717, 1.165) is 0 Å². The Labute approximate surface area is 65.4 Å². The van der Waals surface area contributed by atoms with Crippen LogP contribution in [-0.4, -0.2) is 53.2 Å².